The van der Waals surface area contributed by atoms with Gasteiger partial charge in [-0.1, -0.05) is 4.73 Å². The lowest BCUT2D eigenvalue weighted by Gasteiger charge is -2.20. The molecule has 1 unspecified atom stereocenters. The molecule has 146 valence electrons. The molecule has 3 aromatic rings. The summed E-state index contributed by atoms with van der Waals surface area (Å²) in [5.41, 5.74) is 4.86. The summed E-state index contributed by atoms with van der Waals surface area (Å²) in [5.74, 6) is -0.0326. The second-order valence-electron chi connectivity index (χ2n) is 6.75. The average molecular weight is 386 g/mol. The third-order valence-corrected chi connectivity index (χ3v) is 5.00. The molecule has 0 spiro atoms. The number of rotatable bonds is 3. The van der Waals surface area contributed by atoms with Crippen LogP contribution in [0.15, 0.2) is 46.0 Å². The number of nitrogens with two attached hydrogens (primary N) is 1. The number of benzene rings is 2. The fourth-order valence-corrected chi connectivity index (χ4v) is 3.54. The summed E-state index contributed by atoms with van der Waals surface area (Å²) in [7, 11) is 1.51. The van der Waals surface area contributed by atoms with Crippen molar-refractivity contribution in [1.29, 1.82) is 0 Å². The Labute approximate surface area is 158 Å². The number of anilines is 1. The standard InChI is InChI=1S/C19H19FN4O4/c1-28-13-4-2-12(3-5-13)23-16-9-17(22-7-6-11(21)10-22)15(20)8-14(16)18(25)24(27)19(23)26/h2-5,8-9,11,27H,6-7,10,21H2,1H3. The lowest BCUT2D eigenvalue weighted by atomic mass is 10.1. The molecule has 2 heterocycles. The summed E-state index contributed by atoms with van der Waals surface area (Å²) in [4.78, 5) is 26.8. The maximum absolute atomic E-state index is 14.7. The molecule has 1 aliphatic rings. The van der Waals surface area contributed by atoms with Crippen molar-refractivity contribution < 1.29 is 14.3 Å². The number of nitrogens with zero attached hydrogens (tertiary/aromatic N) is 3. The smallest absolute Gasteiger partial charge is 0.369 e. The predicted molar refractivity (Wildman–Crippen MR) is 102 cm³/mol. The van der Waals surface area contributed by atoms with Gasteiger partial charge in [0, 0.05) is 19.1 Å². The van der Waals surface area contributed by atoms with Crippen molar-refractivity contribution in [1.82, 2.24) is 9.30 Å². The highest BCUT2D eigenvalue weighted by molar-refractivity contribution is 5.84. The molecule has 1 saturated heterocycles. The van der Waals surface area contributed by atoms with Gasteiger partial charge in [0.1, 0.15) is 11.6 Å². The van der Waals surface area contributed by atoms with Gasteiger partial charge >= 0.3 is 5.69 Å². The number of ether oxygens (including phenoxy) is 1. The highest BCUT2D eigenvalue weighted by Crippen LogP contribution is 2.28. The van der Waals surface area contributed by atoms with Crippen LogP contribution in [0.3, 0.4) is 0 Å². The lowest BCUT2D eigenvalue weighted by molar-refractivity contribution is 0.160. The molecule has 0 saturated carbocycles. The third-order valence-electron chi connectivity index (χ3n) is 5.00. The van der Waals surface area contributed by atoms with Crippen molar-refractivity contribution in [3.05, 3.63) is 63.1 Å². The van der Waals surface area contributed by atoms with Gasteiger partial charge in [-0.25, -0.2) is 9.18 Å². The van der Waals surface area contributed by atoms with E-state index in [-0.39, 0.29) is 27.4 Å². The van der Waals surface area contributed by atoms with Gasteiger partial charge in [-0.2, -0.15) is 0 Å². The predicted octanol–water partition coefficient (Wildman–Crippen LogP) is 1.07. The molecule has 1 aromatic heterocycles. The quantitative estimate of drug-likeness (QED) is 0.653. The molecule has 0 radical (unpaired) electrons. The van der Waals surface area contributed by atoms with Crippen LogP contribution < -0.4 is 26.6 Å². The van der Waals surface area contributed by atoms with Gasteiger partial charge in [0.15, 0.2) is 0 Å². The van der Waals surface area contributed by atoms with E-state index in [1.54, 1.807) is 29.2 Å². The van der Waals surface area contributed by atoms with Gasteiger partial charge < -0.3 is 20.6 Å². The van der Waals surface area contributed by atoms with E-state index in [1.165, 1.54) is 13.2 Å². The van der Waals surface area contributed by atoms with E-state index in [9.17, 15) is 19.2 Å². The van der Waals surface area contributed by atoms with E-state index in [0.29, 0.717) is 24.5 Å². The molecule has 1 atom stereocenters. The zero-order valence-electron chi connectivity index (χ0n) is 15.1. The summed E-state index contributed by atoms with van der Waals surface area (Å²) >= 11 is 0. The molecule has 4 rings (SSSR count). The van der Waals surface area contributed by atoms with E-state index in [1.807, 2.05) is 0 Å². The zero-order valence-corrected chi connectivity index (χ0v) is 15.1. The van der Waals surface area contributed by atoms with Gasteiger partial charge in [-0.05, 0) is 42.8 Å². The van der Waals surface area contributed by atoms with Crippen LogP contribution in [0.25, 0.3) is 16.6 Å². The molecule has 0 amide bonds. The first-order valence-corrected chi connectivity index (χ1v) is 8.76. The minimum absolute atomic E-state index is 0.0164. The van der Waals surface area contributed by atoms with Crippen molar-refractivity contribution in [2.75, 3.05) is 25.1 Å². The number of methoxy groups -OCH3 is 1. The molecular weight excluding hydrogens is 367 g/mol. The van der Waals surface area contributed by atoms with Crippen LogP contribution in [0.5, 0.6) is 5.75 Å². The summed E-state index contributed by atoms with van der Waals surface area (Å²) in [6, 6.07) is 8.94. The number of aromatic nitrogens is 2. The second-order valence-corrected chi connectivity index (χ2v) is 6.75. The number of fused-ring (bicyclic) bond motifs is 1. The van der Waals surface area contributed by atoms with Gasteiger partial charge in [0.25, 0.3) is 5.56 Å². The fourth-order valence-electron chi connectivity index (χ4n) is 3.54. The summed E-state index contributed by atoms with van der Waals surface area (Å²) < 4.78 is 21.0. The SMILES string of the molecule is COc1ccc(-n2c(=O)n(O)c(=O)c3cc(F)c(N4CCC(N)C4)cc32)cc1. The Morgan fingerprint density at radius 3 is 2.54 bits per heavy atom. The van der Waals surface area contributed by atoms with Crippen molar-refractivity contribution >= 4 is 16.6 Å². The van der Waals surface area contributed by atoms with Crippen molar-refractivity contribution in [3.8, 4) is 11.4 Å². The van der Waals surface area contributed by atoms with Gasteiger partial charge in [-0.15, -0.1) is 0 Å². The summed E-state index contributed by atoms with van der Waals surface area (Å²) in [6.45, 7) is 1.06. The van der Waals surface area contributed by atoms with Crippen LogP contribution in [0, 0.1) is 5.82 Å². The van der Waals surface area contributed by atoms with Gasteiger partial charge in [-0.3, -0.25) is 9.36 Å². The van der Waals surface area contributed by atoms with Crippen LogP contribution in [-0.2, 0) is 0 Å². The molecule has 9 heteroatoms. The fraction of sp³-hybridized carbons (Fsp3) is 0.263. The topological polar surface area (TPSA) is 103 Å². The number of hydrogen-bond donors (Lipinski definition) is 2. The van der Waals surface area contributed by atoms with E-state index >= 15 is 0 Å². The molecule has 0 bridgehead atoms. The monoisotopic (exact) mass is 386 g/mol. The highest BCUT2D eigenvalue weighted by Gasteiger charge is 2.24. The Morgan fingerprint density at radius 2 is 1.93 bits per heavy atom. The van der Waals surface area contributed by atoms with Gasteiger partial charge in [0.2, 0.25) is 0 Å². The molecule has 1 aliphatic heterocycles. The van der Waals surface area contributed by atoms with Crippen LogP contribution in [0.4, 0.5) is 10.1 Å². The molecule has 1 fully saturated rings. The number of halogens is 1. The maximum atomic E-state index is 14.7. The first-order valence-electron chi connectivity index (χ1n) is 8.76. The Morgan fingerprint density at radius 1 is 1.21 bits per heavy atom. The second kappa shape index (κ2) is 6.68. The molecule has 8 nitrogen and oxygen atoms in total. The van der Waals surface area contributed by atoms with Crippen LogP contribution >= 0.6 is 0 Å². The zero-order chi connectivity index (χ0) is 20.0. The van der Waals surface area contributed by atoms with Crippen molar-refractivity contribution in [2.45, 2.75) is 12.5 Å². The minimum Gasteiger partial charge on any atom is -0.497 e. The summed E-state index contributed by atoms with van der Waals surface area (Å²) in [5, 5.41) is 9.84. The largest absolute Gasteiger partial charge is 0.497 e. The first-order chi connectivity index (χ1) is 13.4. The molecular formula is C19H19FN4O4. The minimum atomic E-state index is -0.978. The molecule has 2 aromatic carbocycles. The highest BCUT2D eigenvalue weighted by atomic mass is 19.1. The molecule has 3 N–H and O–H groups in total. The van der Waals surface area contributed by atoms with E-state index in [0.717, 1.165) is 17.1 Å². The summed E-state index contributed by atoms with van der Waals surface area (Å²) in [6.07, 6.45) is 0.723. The van der Waals surface area contributed by atoms with Crippen molar-refractivity contribution in [2.24, 2.45) is 5.73 Å². The Bertz CT molecular complexity index is 1170. The van der Waals surface area contributed by atoms with Gasteiger partial charge in [0.05, 0.1) is 29.4 Å². The number of hydrogen-bond acceptors (Lipinski definition) is 6. The van der Waals surface area contributed by atoms with E-state index < -0.39 is 17.1 Å². The molecule has 0 aliphatic carbocycles. The van der Waals surface area contributed by atoms with Crippen LogP contribution in [0.1, 0.15) is 6.42 Å². The average Bonchev–Trinajstić information content (AvgIpc) is 3.13. The van der Waals surface area contributed by atoms with Crippen LogP contribution in [-0.4, -0.2) is 40.7 Å². The first kappa shape index (κ1) is 18.1. The van der Waals surface area contributed by atoms with E-state index in [4.69, 9.17) is 10.5 Å². The maximum Gasteiger partial charge on any atom is 0.369 e. The van der Waals surface area contributed by atoms with Crippen LogP contribution in [0.2, 0.25) is 0 Å². The lowest BCUT2D eigenvalue weighted by Crippen LogP contribution is -2.38. The van der Waals surface area contributed by atoms with Crippen molar-refractivity contribution in [3.63, 3.8) is 0 Å². The van der Waals surface area contributed by atoms with E-state index in [2.05, 4.69) is 0 Å². The normalized spacial score (nSPS) is 16.7. The molecule has 28 heavy (non-hydrogen) atoms. The Balaban J connectivity index is 2.01. The Hall–Kier alpha value is -3.33. The Kier molecular flexibility index (Phi) is 4.31. The third kappa shape index (κ3) is 2.80.